The summed E-state index contributed by atoms with van der Waals surface area (Å²) < 4.78 is 5.50. The first-order valence-electron chi connectivity index (χ1n) is 8.95. The van der Waals surface area contributed by atoms with Crippen molar-refractivity contribution < 1.29 is 14.3 Å². The minimum Gasteiger partial charge on any atom is -0.484 e. The fourth-order valence-electron chi connectivity index (χ4n) is 2.98. The lowest BCUT2D eigenvalue weighted by Gasteiger charge is -2.31. The van der Waals surface area contributed by atoms with Gasteiger partial charge in [-0.3, -0.25) is 14.6 Å². The van der Waals surface area contributed by atoms with Crippen molar-refractivity contribution in [2.75, 3.05) is 19.7 Å². The van der Waals surface area contributed by atoms with Crippen molar-refractivity contribution in [3.05, 3.63) is 59.4 Å². The molecule has 1 aliphatic heterocycles. The summed E-state index contributed by atoms with van der Waals surface area (Å²) in [4.78, 5) is 30.5. The summed E-state index contributed by atoms with van der Waals surface area (Å²) in [6, 6.07) is 12.5. The number of rotatable bonds is 6. The van der Waals surface area contributed by atoms with Crippen LogP contribution in [0.1, 0.15) is 18.5 Å². The number of halogens is 1. The molecule has 1 fully saturated rings. The molecule has 1 aromatic heterocycles. The van der Waals surface area contributed by atoms with Crippen molar-refractivity contribution in [2.45, 2.75) is 19.4 Å². The number of ether oxygens (including phenoxy) is 1. The molecule has 1 aliphatic rings. The third-order valence-electron chi connectivity index (χ3n) is 4.56. The molecule has 6 nitrogen and oxygen atoms in total. The second kappa shape index (κ2) is 9.37. The maximum atomic E-state index is 12.3. The average Bonchev–Trinajstić information content (AvgIpc) is 2.72. The van der Waals surface area contributed by atoms with Gasteiger partial charge in [-0.25, -0.2) is 0 Å². The summed E-state index contributed by atoms with van der Waals surface area (Å²) in [6.07, 6.45) is 3.01. The molecule has 1 N–H and O–H groups in total. The quantitative estimate of drug-likeness (QED) is 0.827. The topological polar surface area (TPSA) is 71.5 Å². The molecular formula is C20H22ClN3O3. The summed E-state index contributed by atoms with van der Waals surface area (Å²) in [5, 5.41) is 3.55. The number of carbonyl (C=O) groups is 2. The lowest BCUT2D eigenvalue weighted by Crippen LogP contribution is -2.44. The van der Waals surface area contributed by atoms with Gasteiger partial charge in [-0.15, -0.1) is 0 Å². The van der Waals surface area contributed by atoms with Crippen LogP contribution in [0.15, 0.2) is 48.7 Å². The van der Waals surface area contributed by atoms with E-state index in [0.717, 1.165) is 5.69 Å². The van der Waals surface area contributed by atoms with Crippen LogP contribution >= 0.6 is 11.6 Å². The van der Waals surface area contributed by atoms with Crippen LogP contribution in [0, 0.1) is 5.92 Å². The first kappa shape index (κ1) is 19.2. The van der Waals surface area contributed by atoms with E-state index in [2.05, 4.69) is 10.3 Å². The Kier molecular flexibility index (Phi) is 6.65. The zero-order valence-corrected chi connectivity index (χ0v) is 15.7. The fraction of sp³-hybridized carbons (Fsp3) is 0.350. The number of nitrogens with one attached hydrogen (secondary N) is 1. The second-order valence-electron chi connectivity index (χ2n) is 6.44. The van der Waals surface area contributed by atoms with Crippen LogP contribution in [-0.2, 0) is 16.1 Å². The summed E-state index contributed by atoms with van der Waals surface area (Å²) in [5.74, 6) is 0.481. The second-order valence-corrected chi connectivity index (χ2v) is 6.87. The van der Waals surface area contributed by atoms with Gasteiger partial charge in [0.1, 0.15) is 5.75 Å². The number of pyridine rings is 1. The zero-order valence-electron chi connectivity index (χ0n) is 14.9. The van der Waals surface area contributed by atoms with Crippen LogP contribution in [0.2, 0.25) is 5.02 Å². The van der Waals surface area contributed by atoms with Crippen LogP contribution in [0.5, 0.6) is 5.75 Å². The van der Waals surface area contributed by atoms with Crippen molar-refractivity contribution in [3.8, 4) is 5.75 Å². The van der Waals surface area contributed by atoms with Crippen molar-refractivity contribution >= 4 is 23.4 Å². The monoisotopic (exact) mass is 387 g/mol. The maximum absolute atomic E-state index is 12.3. The van der Waals surface area contributed by atoms with Gasteiger partial charge >= 0.3 is 0 Å². The molecule has 0 saturated carbocycles. The Bertz CT molecular complexity index is 760. The molecular weight excluding hydrogens is 366 g/mol. The Morgan fingerprint density at radius 3 is 2.56 bits per heavy atom. The molecule has 3 rings (SSSR count). The van der Waals surface area contributed by atoms with Gasteiger partial charge in [0.2, 0.25) is 5.91 Å². The molecule has 142 valence electrons. The Morgan fingerprint density at radius 1 is 1.15 bits per heavy atom. The van der Waals surface area contributed by atoms with Crippen LogP contribution in [0.25, 0.3) is 0 Å². The highest BCUT2D eigenvalue weighted by atomic mass is 35.5. The smallest absolute Gasteiger partial charge is 0.260 e. The van der Waals surface area contributed by atoms with E-state index in [1.54, 1.807) is 35.4 Å². The largest absolute Gasteiger partial charge is 0.484 e. The number of aromatic nitrogens is 1. The lowest BCUT2D eigenvalue weighted by molar-refractivity contribution is -0.137. The maximum Gasteiger partial charge on any atom is 0.260 e. The van der Waals surface area contributed by atoms with Gasteiger partial charge in [0.05, 0.1) is 12.2 Å². The first-order valence-corrected chi connectivity index (χ1v) is 9.33. The standard InChI is InChI=1S/C20H22ClN3O3/c21-16-4-6-18(7-5-16)27-14-19(25)24-11-8-15(9-12-24)20(26)23-13-17-3-1-2-10-22-17/h1-7,10,15H,8-9,11-14H2,(H,23,26). The number of piperidine rings is 1. The third kappa shape index (κ3) is 5.69. The normalized spacial score (nSPS) is 14.6. The Balaban J connectivity index is 1.39. The molecule has 7 heteroatoms. The van der Waals surface area contributed by atoms with Gasteiger partial charge in [0.15, 0.2) is 6.61 Å². The molecule has 0 atom stereocenters. The van der Waals surface area contributed by atoms with E-state index >= 15 is 0 Å². The van der Waals surface area contributed by atoms with E-state index in [0.29, 0.717) is 43.2 Å². The molecule has 1 saturated heterocycles. The van der Waals surface area contributed by atoms with Gasteiger partial charge in [-0.2, -0.15) is 0 Å². The molecule has 2 aromatic rings. The number of nitrogens with zero attached hydrogens (tertiary/aromatic N) is 2. The summed E-state index contributed by atoms with van der Waals surface area (Å²) in [5.41, 5.74) is 0.831. The van der Waals surface area contributed by atoms with Gasteiger partial charge in [0, 0.05) is 30.2 Å². The van der Waals surface area contributed by atoms with Gasteiger partial charge in [-0.1, -0.05) is 17.7 Å². The molecule has 2 amide bonds. The molecule has 2 heterocycles. The molecule has 0 spiro atoms. The highest BCUT2D eigenvalue weighted by molar-refractivity contribution is 6.30. The van der Waals surface area contributed by atoms with Gasteiger partial charge in [-0.05, 0) is 49.2 Å². The number of amides is 2. The lowest BCUT2D eigenvalue weighted by atomic mass is 9.96. The number of hydrogen-bond donors (Lipinski definition) is 1. The number of hydrogen-bond acceptors (Lipinski definition) is 4. The minimum atomic E-state index is -0.0741. The minimum absolute atomic E-state index is 0.0157. The summed E-state index contributed by atoms with van der Waals surface area (Å²) >= 11 is 5.83. The predicted octanol–water partition coefficient (Wildman–Crippen LogP) is 2.67. The zero-order chi connectivity index (χ0) is 19.1. The van der Waals surface area contributed by atoms with Crippen LogP contribution in [0.4, 0.5) is 0 Å². The van der Waals surface area contributed by atoms with E-state index in [-0.39, 0.29) is 24.3 Å². The fourth-order valence-corrected chi connectivity index (χ4v) is 3.11. The molecule has 0 radical (unpaired) electrons. The van der Waals surface area contributed by atoms with E-state index in [1.165, 1.54) is 0 Å². The van der Waals surface area contributed by atoms with Gasteiger partial charge < -0.3 is 15.0 Å². The van der Waals surface area contributed by atoms with E-state index in [9.17, 15) is 9.59 Å². The van der Waals surface area contributed by atoms with E-state index < -0.39 is 0 Å². The van der Waals surface area contributed by atoms with Crippen molar-refractivity contribution in [2.24, 2.45) is 5.92 Å². The van der Waals surface area contributed by atoms with Crippen LogP contribution < -0.4 is 10.1 Å². The van der Waals surface area contributed by atoms with E-state index in [4.69, 9.17) is 16.3 Å². The first-order chi connectivity index (χ1) is 13.1. The Labute approximate surface area is 163 Å². The number of carbonyl (C=O) groups excluding carboxylic acids is 2. The molecule has 0 unspecified atom stereocenters. The van der Waals surface area contributed by atoms with Crippen molar-refractivity contribution in [1.82, 2.24) is 15.2 Å². The molecule has 0 bridgehead atoms. The predicted molar refractivity (Wildman–Crippen MR) is 102 cm³/mol. The highest BCUT2D eigenvalue weighted by Gasteiger charge is 2.27. The Hall–Kier alpha value is -2.60. The van der Waals surface area contributed by atoms with Gasteiger partial charge in [0.25, 0.3) is 5.91 Å². The summed E-state index contributed by atoms with van der Waals surface area (Å²) in [7, 11) is 0. The SMILES string of the molecule is O=C(NCc1ccccn1)C1CCN(C(=O)COc2ccc(Cl)cc2)CC1. The van der Waals surface area contributed by atoms with E-state index in [1.807, 2.05) is 18.2 Å². The molecule has 1 aromatic carbocycles. The highest BCUT2D eigenvalue weighted by Crippen LogP contribution is 2.19. The third-order valence-corrected chi connectivity index (χ3v) is 4.82. The molecule has 27 heavy (non-hydrogen) atoms. The number of likely N-dealkylation sites (tertiary alicyclic amines) is 1. The molecule has 0 aliphatic carbocycles. The summed E-state index contributed by atoms with van der Waals surface area (Å²) in [6.45, 7) is 1.53. The van der Waals surface area contributed by atoms with Crippen molar-refractivity contribution in [3.63, 3.8) is 0 Å². The number of benzene rings is 1. The van der Waals surface area contributed by atoms with Crippen LogP contribution in [0.3, 0.4) is 0 Å². The van der Waals surface area contributed by atoms with Crippen LogP contribution in [-0.4, -0.2) is 41.4 Å². The Morgan fingerprint density at radius 2 is 1.89 bits per heavy atom. The average molecular weight is 388 g/mol. The van der Waals surface area contributed by atoms with Crippen molar-refractivity contribution in [1.29, 1.82) is 0 Å².